The van der Waals surface area contributed by atoms with Crippen molar-refractivity contribution in [3.63, 3.8) is 0 Å². The Morgan fingerprint density at radius 2 is 1.84 bits per heavy atom. The van der Waals surface area contributed by atoms with E-state index < -0.39 is 34.6 Å². The summed E-state index contributed by atoms with van der Waals surface area (Å²) >= 11 is 0. The fourth-order valence-corrected chi connectivity index (χ4v) is 5.94. The molecule has 3 N–H and O–H groups in total. The van der Waals surface area contributed by atoms with Crippen LogP contribution in [0.1, 0.15) is 50.0 Å². The number of rotatable bonds is 16. The van der Waals surface area contributed by atoms with E-state index in [2.05, 4.69) is 35.4 Å². The van der Waals surface area contributed by atoms with Crippen LogP contribution < -0.4 is 15.4 Å². The number of hydrogen-bond donors (Lipinski definition) is 3. The fourth-order valence-electron chi connectivity index (χ4n) is 5.36. The van der Waals surface area contributed by atoms with Crippen LogP contribution in [-0.2, 0) is 40.2 Å². The van der Waals surface area contributed by atoms with Gasteiger partial charge in [-0.05, 0) is 39.4 Å². The van der Waals surface area contributed by atoms with Gasteiger partial charge in [0.1, 0.15) is 0 Å². The number of carbonyl (C=O) groups is 2. The Labute approximate surface area is 254 Å². The second-order valence-corrected chi connectivity index (χ2v) is 12.5. The lowest BCUT2D eigenvalue weighted by Crippen LogP contribution is -2.34. The lowest BCUT2D eigenvalue weighted by Gasteiger charge is -2.26. The van der Waals surface area contributed by atoms with Gasteiger partial charge in [0, 0.05) is 25.7 Å². The number of imidazole rings is 1. The van der Waals surface area contributed by atoms with Crippen LogP contribution >= 0.6 is 0 Å². The van der Waals surface area contributed by atoms with E-state index in [1.54, 1.807) is 10.6 Å². The second kappa shape index (κ2) is 14.3. The molecule has 2 fully saturated rings. The van der Waals surface area contributed by atoms with Crippen molar-refractivity contribution in [2.24, 2.45) is 0 Å². The van der Waals surface area contributed by atoms with Crippen molar-refractivity contribution in [3.8, 4) is 0 Å². The zero-order chi connectivity index (χ0) is 31.1. The molecule has 0 aromatic carbocycles. The standard InChI is InChI=1S/C26H37N9O8S/c1-3-17-13-18(43-33-17)20-21(40-15-36)22(41-16-37)25(42-20)35-14-30-19-23(28-8-12-44(38,39)27-2)31-26(32-24(19)35)29-7-11-34-9-5-4-6-10-34/h13-16,20-22,25,27H,3-12H2,1-2H3,(H2,28,29,31,32)/t20-,21+,22-,25-/m1/s1. The lowest BCUT2D eigenvalue weighted by molar-refractivity contribution is -0.151. The summed E-state index contributed by atoms with van der Waals surface area (Å²) in [5.74, 6) is 0.674. The lowest BCUT2D eigenvalue weighted by atomic mass is 10.1. The number of carbonyl (C=O) groups excluding carboxylic acids is 2. The summed E-state index contributed by atoms with van der Waals surface area (Å²) in [6.45, 7) is 5.91. The smallest absolute Gasteiger partial charge is 0.293 e. The molecule has 18 heteroatoms. The van der Waals surface area contributed by atoms with Gasteiger partial charge in [-0.3, -0.25) is 14.2 Å². The first-order valence-corrected chi connectivity index (χ1v) is 16.2. The minimum Gasteiger partial charge on any atom is -0.457 e. The molecule has 44 heavy (non-hydrogen) atoms. The van der Waals surface area contributed by atoms with Gasteiger partial charge < -0.3 is 34.3 Å². The first-order chi connectivity index (χ1) is 21.4. The number of aryl methyl sites for hydroxylation is 1. The number of nitrogens with zero attached hydrogens (tertiary/aromatic N) is 6. The third kappa shape index (κ3) is 7.09. The van der Waals surface area contributed by atoms with E-state index in [1.165, 1.54) is 32.6 Å². The molecule has 0 aliphatic carbocycles. The maximum atomic E-state index is 12.0. The van der Waals surface area contributed by atoms with E-state index in [9.17, 15) is 18.0 Å². The van der Waals surface area contributed by atoms with Crippen molar-refractivity contribution >= 4 is 45.9 Å². The fraction of sp³-hybridized carbons (Fsp3) is 0.615. The molecule has 17 nitrogen and oxygen atoms in total. The van der Waals surface area contributed by atoms with Crippen LogP contribution in [-0.4, -0.2) is 109 Å². The number of nitrogens with one attached hydrogen (secondary N) is 3. The summed E-state index contributed by atoms with van der Waals surface area (Å²) in [4.78, 5) is 39.2. The van der Waals surface area contributed by atoms with E-state index >= 15 is 0 Å². The number of sulfonamides is 1. The number of aromatic nitrogens is 5. The molecule has 2 aliphatic heterocycles. The molecule has 0 spiro atoms. The van der Waals surface area contributed by atoms with Crippen molar-refractivity contribution in [2.45, 2.75) is 57.1 Å². The number of ether oxygens (including phenoxy) is 3. The van der Waals surface area contributed by atoms with Crippen molar-refractivity contribution in [1.82, 2.24) is 34.3 Å². The molecule has 3 aromatic rings. The van der Waals surface area contributed by atoms with Gasteiger partial charge in [0.2, 0.25) is 16.0 Å². The SMILES string of the molecule is CCc1cc([C@H]2O[C@@H](n3cnc4c(NCCS(=O)(=O)NC)nc(NCCN5CCCCC5)nc43)[C@H](OC=O)[C@H]2OC=O)on1. The maximum Gasteiger partial charge on any atom is 0.293 e. The number of anilines is 2. The third-order valence-electron chi connectivity index (χ3n) is 7.66. The Hall–Kier alpha value is -3.87. The summed E-state index contributed by atoms with van der Waals surface area (Å²) in [5.41, 5.74) is 1.30. The van der Waals surface area contributed by atoms with Gasteiger partial charge in [0.05, 0.1) is 17.8 Å². The van der Waals surface area contributed by atoms with E-state index in [-0.39, 0.29) is 31.2 Å². The highest BCUT2D eigenvalue weighted by molar-refractivity contribution is 7.89. The van der Waals surface area contributed by atoms with Crippen LogP contribution in [0.3, 0.4) is 0 Å². The molecule has 0 bridgehead atoms. The van der Waals surface area contributed by atoms with Gasteiger partial charge in [-0.1, -0.05) is 18.5 Å². The molecule has 0 unspecified atom stereocenters. The van der Waals surface area contributed by atoms with Crippen LogP contribution in [0, 0.1) is 0 Å². The van der Waals surface area contributed by atoms with Crippen LogP contribution in [0.5, 0.6) is 0 Å². The highest BCUT2D eigenvalue weighted by atomic mass is 32.2. The summed E-state index contributed by atoms with van der Waals surface area (Å²) in [7, 11) is -2.13. The van der Waals surface area contributed by atoms with Gasteiger partial charge in [-0.15, -0.1) is 0 Å². The predicted octanol–water partition coefficient (Wildman–Crippen LogP) is 0.589. The average molecular weight is 636 g/mol. The zero-order valence-corrected chi connectivity index (χ0v) is 25.4. The molecule has 4 atom stereocenters. The van der Waals surface area contributed by atoms with Crippen molar-refractivity contribution in [3.05, 3.63) is 23.8 Å². The first kappa shape index (κ1) is 31.6. The van der Waals surface area contributed by atoms with Crippen LogP contribution in [0.4, 0.5) is 11.8 Å². The second-order valence-electron chi connectivity index (χ2n) is 10.4. The molecular formula is C26H37N9O8S. The van der Waals surface area contributed by atoms with Gasteiger partial charge in [0.15, 0.2) is 47.3 Å². The molecule has 0 amide bonds. The molecule has 2 aliphatic rings. The van der Waals surface area contributed by atoms with Crippen LogP contribution in [0.2, 0.25) is 0 Å². The molecule has 0 radical (unpaired) electrons. The van der Waals surface area contributed by atoms with E-state index in [4.69, 9.17) is 23.7 Å². The summed E-state index contributed by atoms with van der Waals surface area (Å²) < 4.78 is 50.3. The highest BCUT2D eigenvalue weighted by Gasteiger charge is 2.51. The van der Waals surface area contributed by atoms with Gasteiger partial charge in [-0.25, -0.2) is 18.1 Å². The Morgan fingerprint density at radius 3 is 2.55 bits per heavy atom. The first-order valence-electron chi connectivity index (χ1n) is 14.5. The normalized spacial score (nSPS) is 22.6. The largest absolute Gasteiger partial charge is 0.457 e. The van der Waals surface area contributed by atoms with Gasteiger partial charge in [0.25, 0.3) is 12.9 Å². The minimum absolute atomic E-state index is 0.0503. The Balaban J connectivity index is 1.48. The summed E-state index contributed by atoms with van der Waals surface area (Å²) in [5, 5.41) is 10.3. The van der Waals surface area contributed by atoms with Crippen LogP contribution in [0.25, 0.3) is 11.2 Å². The Kier molecular flexibility index (Phi) is 10.2. The highest BCUT2D eigenvalue weighted by Crippen LogP contribution is 2.43. The van der Waals surface area contributed by atoms with Crippen molar-refractivity contribution in [2.75, 3.05) is 56.2 Å². The van der Waals surface area contributed by atoms with Gasteiger partial charge >= 0.3 is 0 Å². The van der Waals surface area contributed by atoms with E-state index in [0.29, 0.717) is 41.4 Å². The van der Waals surface area contributed by atoms with Crippen molar-refractivity contribution < 1.29 is 36.7 Å². The zero-order valence-electron chi connectivity index (χ0n) is 24.5. The summed E-state index contributed by atoms with van der Waals surface area (Å²) in [6.07, 6.45) is 1.47. The predicted molar refractivity (Wildman–Crippen MR) is 156 cm³/mol. The van der Waals surface area contributed by atoms with E-state index in [1.807, 2.05) is 6.92 Å². The molecule has 5 heterocycles. The number of fused-ring (bicyclic) bond motifs is 1. The maximum absolute atomic E-state index is 12.0. The molecule has 0 saturated carbocycles. The molecule has 5 rings (SSSR count). The third-order valence-corrected chi connectivity index (χ3v) is 9.03. The number of piperidine rings is 1. The van der Waals surface area contributed by atoms with Gasteiger partial charge in [-0.2, -0.15) is 9.97 Å². The molecule has 2 saturated heterocycles. The van der Waals surface area contributed by atoms with Crippen LogP contribution in [0.15, 0.2) is 16.9 Å². The molecule has 3 aromatic heterocycles. The quantitative estimate of drug-likeness (QED) is 0.184. The number of likely N-dealkylation sites (tertiary alicyclic amines) is 1. The summed E-state index contributed by atoms with van der Waals surface area (Å²) in [6, 6.07) is 1.69. The minimum atomic E-state index is -3.47. The molecule has 240 valence electrons. The Morgan fingerprint density at radius 1 is 1.07 bits per heavy atom. The number of hydrogen-bond acceptors (Lipinski definition) is 15. The van der Waals surface area contributed by atoms with E-state index in [0.717, 1.165) is 19.6 Å². The molecular weight excluding hydrogens is 598 g/mol. The Bertz CT molecular complexity index is 1520. The monoisotopic (exact) mass is 635 g/mol. The van der Waals surface area contributed by atoms with Crippen molar-refractivity contribution in [1.29, 1.82) is 0 Å². The average Bonchev–Trinajstić information content (AvgIpc) is 3.76. The topological polar surface area (TPSA) is 205 Å².